The second kappa shape index (κ2) is 11.7. The maximum Gasteiger partial charge on any atom is 0.0712 e. The lowest BCUT2D eigenvalue weighted by molar-refractivity contribution is 1.19. The summed E-state index contributed by atoms with van der Waals surface area (Å²) in [6.07, 6.45) is 2.17. The molecule has 2 heterocycles. The first-order chi connectivity index (χ1) is 24.2. The van der Waals surface area contributed by atoms with Gasteiger partial charge in [-0.25, -0.2) is 4.99 Å². The molecule has 2 aromatic heterocycles. The Kier molecular flexibility index (Phi) is 6.84. The number of aromatic nitrogens is 2. The summed E-state index contributed by atoms with van der Waals surface area (Å²) in [5.74, 6) is 0. The molecule has 0 spiro atoms. The number of nitrogens with one attached hydrogen (secondary N) is 1. The van der Waals surface area contributed by atoms with Crippen LogP contribution in [0.4, 0.5) is 0 Å². The van der Waals surface area contributed by atoms with Gasteiger partial charge in [-0.1, -0.05) is 140 Å². The van der Waals surface area contributed by atoms with Crippen LogP contribution in [0.3, 0.4) is 0 Å². The number of allylic oxidation sites excluding steroid dienone is 2. The number of para-hydroxylation sites is 2. The minimum Gasteiger partial charge on any atom is -0.354 e. The van der Waals surface area contributed by atoms with E-state index < -0.39 is 0 Å². The fraction of sp³-hybridized carbons (Fsp3) is 0.0217. The molecule has 3 nitrogen and oxygen atoms in total. The molecule has 0 saturated carbocycles. The van der Waals surface area contributed by atoms with E-state index in [4.69, 9.17) is 4.99 Å². The third-order valence-corrected chi connectivity index (χ3v) is 9.65. The van der Waals surface area contributed by atoms with Crippen LogP contribution >= 0.6 is 0 Å². The maximum atomic E-state index is 5.11. The topological polar surface area (TPSA) is 33.1 Å². The Morgan fingerprint density at radius 3 is 1.90 bits per heavy atom. The van der Waals surface area contributed by atoms with Crippen LogP contribution in [0, 0.1) is 0 Å². The molecule has 9 rings (SSSR count). The van der Waals surface area contributed by atoms with Gasteiger partial charge in [0.05, 0.1) is 28.0 Å². The minimum atomic E-state index is 0.730. The first kappa shape index (κ1) is 28.7. The molecule has 0 aliphatic rings. The molecule has 232 valence electrons. The summed E-state index contributed by atoms with van der Waals surface area (Å²) in [6.45, 7) is 6.48. The van der Waals surface area contributed by atoms with Crippen molar-refractivity contribution in [2.45, 2.75) is 6.92 Å². The van der Waals surface area contributed by atoms with E-state index in [1.807, 2.05) is 24.3 Å². The summed E-state index contributed by atoms with van der Waals surface area (Å²) < 4.78 is 2.43. The van der Waals surface area contributed by atoms with E-state index >= 15 is 0 Å². The number of benzene rings is 7. The zero-order chi connectivity index (χ0) is 32.9. The number of aromatic amines is 1. The van der Waals surface area contributed by atoms with Gasteiger partial charge in [-0.05, 0) is 54.0 Å². The largest absolute Gasteiger partial charge is 0.354 e. The van der Waals surface area contributed by atoms with Crippen molar-refractivity contribution in [3.05, 3.63) is 187 Å². The van der Waals surface area contributed by atoms with Gasteiger partial charge in [0.1, 0.15) is 0 Å². The highest BCUT2D eigenvalue weighted by Crippen LogP contribution is 2.44. The normalized spacial score (nSPS) is 12.5. The Hall–Kier alpha value is -6.45. The van der Waals surface area contributed by atoms with Crippen molar-refractivity contribution in [3.8, 4) is 5.69 Å². The van der Waals surface area contributed by atoms with Crippen molar-refractivity contribution in [1.29, 1.82) is 0 Å². The number of hydrogen-bond acceptors (Lipinski definition) is 1. The molecule has 7 aromatic carbocycles. The molecule has 0 aliphatic heterocycles. The number of aliphatic imine (C=N–C) groups is 1. The Balaban J connectivity index is 1.27. The molecule has 9 aromatic rings. The third kappa shape index (κ3) is 4.78. The molecule has 49 heavy (non-hydrogen) atoms. The van der Waals surface area contributed by atoms with E-state index in [9.17, 15) is 0 Å². The molecule has 0 unspecified atom stereocenters. The molecular weight excluding hydrogens is 595 g/mol. The maximum absolute atomic E-state index is 5.11. The highest BCUT2D eigenvalue weighted by molar-refractivity contribution is 6.36. The van der Waals surface area contributed by atoms with E-state index in [2.05, 4.69) is 163 Å². The van der Waals surface area contributed by atoms with Crippen LogP contribution in [0.25, 0.3) is 71.3 Å². The summed E-state index contributed by atoms with van der Waals surface area (Å²) in [4.78, 5) is 8.87. The number of rotatable bonds is 6. The Morgan fingerprint density at radius 1 is 0.571 bits per heavy atom. The molecule has 0 aliphatic carbocycles. The Labute approximate surface area is 284 Å². The first-order valence-corrected chi connectivity index (χ1v) is 16.7. The van der Waals surface area contributed by atoms with Gasteiger partial charge in [-0.15, -0.1) is 0 Å². The van der Waals surface area contributed by atoms with Crippen molar-refractivity contribution in [2.75, 3.05) is 0 Å². The van der Waals surface area contributed by atoms with Crippen LogP contribution in [0.15, 0.2) is 175 Å². The number of fused-ring (bicyclic) bond motifs is 10. The molecule has 0 fully saturated rings. The number of nitrogens with zero attached hydrogens (tertiary/aromatic N) is 2. The lowest BCUT2D eigenvalue weighted by Crippen LogP contribution is -2.01. The van der Waals surface area contributed by atoms with Crippen LogP contribution in [-0.2, 0) is 0 Å². The Bertz CT molecular complexity index is 2760. The highest BCUT2D eigenvalue weighted by Gasteiger charge is 2.21. The van der Waals surface area contributed by atoms with Crippen LogP contribution in [0.2, 0.25) is 0 Å². The zero-order valence-corrected chi connectivity index (χ0v) is 27.2. The number of H-pyrrole nitrogens is 1. The monoisotopic (exact) mass is 627 g/mol. The van der Waals surface area contributed by atoms with E-state index in [1.54, 1.807) is 0 Å². The van der Waals surface area contributed by atoms with Gasteiger partial charge in [-0.2, -0.15) is 0 Å². The molecule has 0 atom stereocenters. The summed E-state index contributed by atoms with van der Waals surface area (Å²) >= 11 is 0. The van der Waals surface area contributed by atoms with E-state index in [1.165, 1.54) is 48.9 Å². The predicted molar refractivity (Wildman–Crippen MR) is 210 cm³/mol. The van der Waals surface area contributed by atoms with Gasteiger partial charge < -0.3 is 9.55 Å². The second-order valence-corrected chi connectivity index (χ2v) is 12.6. The fourth-order valence-electron chi connectivity index (χ4n) is 7.32. The van der Waals surface area contributed by atoms with Crippen LogP contribution < -0.4 is 0 Å². The molecule has 0 saturated heterocycles. The molecule has 3 heteroatoms. The standard InChI is InChI=1S/C46H33N3/c1-30(32-15-5-3-6-16-32)29-41(47-31(2)33-17-7-4-8-18-33)34-25-27-35(28-26-34)49-42-24-14-12-22-39(42)44-43-38-21-11-13-23-40(38)48-45(43)36-19-9-10-20-37(36)46(44)49/h3-29,48H,2H2,1H3/b30-29+,47-41?. The molecular formula is C46H33N3. The van der Waals surface area contributed by atoms with Gasteiger partial charge in [0.15, 0.2) is 0 Å². The van der Waals surface area contributed by atoms with Gasteiger partial charge in [0.25, 0.3) is 0 Å². The van der Waals surface area contributed by atoms with E-state index in [-0.39, 0.29) is 0 Å². The van der Waals surface area contributed by atoms with Crippen LogP contribution in [-0.4, -0.2) is 15.3 Å². The van der Waals surface area contributed by atoms with Gasteiger partial charge >= 0.3 is 0 Å². The average Bonchev–Trinajstić information content (AvgIpc) is 3.72. The van der Waals surface area contributed by atoms with Crippen molar-refractivity contribution < 1.29 is 0 Å². The van der Waals surface area contributed by atoms with Crippen LogP contribution in [0.1, 0.15) is 23.6 Å². The fourth-order valence-corrected chi connectivity index (χ4v) is 7.32. The molecule has 1 N–H and O–H groups in total. The lowest BCUT2D eigenvalue weighted by Gasteiger charge is -2.13. The molecule has 0 bridgehead atoms. The summed E-state index contributed by atoms with van der Waals surface area (Å²) in [6, 6.07) is 55.6. The van der Waals surface area contributed by atoms with Gasteiger partial charge in [-0.3, -0.25) is 0 Å². The van der Waals surface area contributed by atoms with Crippen molar-refractivity contribution in [1.82, 2.24) is 9.55 Å². The first-order valence-electron chi connectivity index (χ1n) is 16.7. The third-order valence-electron chi connectivity index (χ3n) is 9.65. The van der Waals surface area contributed by atoms with Crippen molar-refractivity contribution in [2.24, 2.45) is 4.99 Å². The highest BCUT2D eigenvalue weighted by atomic mass is 15.0. The quantitative estimate of drug-likeness (QED) is 0.178. The lowest BCUT2D eigenvalue weighted by atomic mass is 9.99. The SMILES string of the molecule is C=C(N=C(/C=C(\C)c1ccccc1)c1ccc(-n2c3ccccc3c3c4c5ccccc5[nH]c4c4ccccc4c32)cc1)c1ccccc1. The summed E-state index contributed by atoms with van der Waals surface area (Å²) in [7, 11) is 0. The predicted octanol–water partition coefficient (Wildman–Crippen LogP) is 12.1. The second-order valence-electron chi connectivity index (χ2n) is 12.6. The van der Waals surface area contributed by atoms with E-state index in [0.29, 0.717) is 0 Å². The van der Waals surface area contributed by atoms with E-state index in [0.717, 1.165) is 44.9 Å². The minimum absolute atomic E-state index is 0.730. The Morgan fingerprint density at radius 2 is 1.16 bits per heavy atom. The molecule has 0 radical (unpaired) electrons. The number of hydrogen-bond donors (Lipinski definition) is 1. The smallest absolute Gasteiger partial charge is 0.0712 e. The zero-order valence-electron chi connectivity index (χ0n) is 27.2. The summed E-state index contributed by atoms with van der Waals surface area (Å²) in [5.41, 5.74) is 11.8. The average molecular weight is 628 g/mol. The summed E-state index contributed by atoms with van der Waals surface area (Å²) in [5, 5.41) is 7.47. The van der Waals surface area contributed by atoms with Gasteiger partial charge in [0, 0.05) is 49.1 Å². The van der Waals surface area contributed by atoms with Crippen LogP contribution in [0.5, 0.6) is 0 Å². The van der Waals surface area contributed by atoms with Crippen molar-refractivity contribution >= 4 is 71.4 Å². The molecule has 0 amide bonds. The van der Waals surface area contributed by atoms with Crippen molar-refractivity contribution in [3.63, 3.8) is 0 Å². The van der Waals surface area contributed by atoms with Gasteiger partial charge in [0.2, 0.25) is 0 Å².